The van der Waals surface area contributed by atoms with Crippen LogP contribution in [0.4, 0.5) is 17.5 Å². The van der Waals surface area contributed by atoms with Gasteiger partial charge in [-0.1, -0.05) is 29.8 Å². The zero-order chi connectivity index (χ0) is 15.2. The number of benzene rings is 1. The summed E-state index contributed by atoms with van der Waals surface area (Å²) in [5.41, 5.74) is 1.65. The molecule has 0 spiro atoms. The second-order valence-electron chi connectivity index (χ2n) is 4.44. The molecule has 1 aromatic carbocycles. The third-order valence-corrected chi connectivity index (χ3v) is 3.19. The lowest BCUT2D eigenvalue weighted by atomic mass is 10.3. The number of anilines is 3. The maximum absolute atomic E-state index is 6.09. The van der Waals surface area contributed by atoms with E-state index >= 15 is 0 Å². The number of hydrogen-bond donors (Lipinski definition) is 2. The maximum atomic E-state index is 6.09. The van der Waals surface area contributed by atoms with Gasteiger partial charge in [-0.3, -0.25) is 4.98 Å². The van der Waals surface area contributed by atoms with Crippen LogP contribution in [0.15, 0.2) is 54.9 Å². The van der Waals surface area contributed by atoms with E-state index in [9.17, 15) is 0 Å². The minimum absolute atomic E-state index is 0.374. The van der Waals surface area contributed by atoms with Gasteiger partial charge in [0.05, 0.1) is 29.1 Å². The molecule has 3 rings (SSSR count). The molecular formula is C15H13ClN6. The van der Waals surface area contributed by atoms with Crippen LogP contribution in [0.5, 0.6) is 0 Å². The van der Waals surface area contributed by atoms with Crippen LogP contribution in [0, 0.1) is 0 Å². The van der Waals surface area contributed by atoms with E-state index in [0.717, 1.165) is 11.4 Å². The molecule has 0 saturated heterocycles. The van der Waals surface area contributed by atoms with Gasteiger partial charge in [-0.25, -0.2) is 0 Å². The molecule has 6 nitrogen and oxygen atoms in total. The number of halogens is 1. The van der Waals surface area contributed by atoms with Crippen molar-refractivity contribution in [1.82, 2.24) is 20.2 Å². The molecule has 2 aromatic heterocycles. The lowest BCUT2D eigenvalue weighted by Crippen LogP contribution is -2.06. The SMILES string of the molecule is Clc1ccccc1Nc1nncc(NCc2ccccn2)n1. The molecule has 0 fully saturated rings. The molecule has 0 saturated carbocycles. The third kappa shape index (κ3) is 3.67. The first-order valence-electron chi connectivity index (χ1n) is 6.66. The second kappa shape index (κ2) is 6.82. The van der Waals surface area contributed by atoms with Gasteiger partial charge in [-0.05, 0) is 24.3 Å². The highest BCUT2D eigenvalue weighted by molar-refractivity contribution is 6.33. The van der Waals surface area contributed by atoms with Crippen LogP contribution < -0.4 is 10.6 Å². The quantitative estimate of drug-likeness (QED) is 0.753. The molecule has 0 aliphatic heterocycles. The van der Waals surface area contributed by atoms with E-state index < -0.39 is 0 Å². The van der Waals surface area contributed by atoms with Gasteiger partial charge in [-0.2, -0.15) is 10.1 Å². The normalized spacial score (nSPS) is 10.2. The van der Waals surface area contributed by atoms with Crippen LogP contribution in [0.1, 0.15) is 5.69 Å². The van der Waals surface area contributed by atoms with Crippen molar-refractivity contribution >= 4 is 29.1 Å². The summed E-state index contributed by atoms with van der Waals surface area (Å²) in [4.78, 5) is 8.58. The van der Waals surface area contributed by atoms with E-state index in [1.54, 1.807) is 18.5 Å². The van der Waals surface area contributed by atoms with E-state index in [1.807, 2.05) is 36.4 Å². The fourth-order valence-corrected chi connectivity index (χ4v) is 1.99. The maximum Gasteiger partial charge on any atom is 0.249 e. The number of nitrogens with zero attached hydrogens (tertiary/aromatic N) is 4. The van der Waals surface area contributed by atoms with Gasteiger partial charge in [-0.15, -0.1) is 5.10 Å². The molecule has 0 aliphatic rings. The van der Waals surface area contributed by atoms with Crippen LogP contribution in [0.25, 0.3) is 0 Å². The zero-order valence-electron chi connectivity index (χ0n) is 11.6. The summed E-state index contributed by atoms with van der Waals surface area (Å²) in [5, 5.41) is 14.7. The Balaban J connectivity index is 1.69. The van der Waals surface area contributed by atoms with Gasteiger partial charge < -0.3 is 10.6 Å². The van der Waals surface area contributed by atoms with E-state index in [-0.39, 0.29) is 0 Å². The Hall–Kier alpha value is -2.73. The lowest BCUT2D eigenvalue weighted by molar-refractivity contribution is 0.955. The molecule has 7 heteroatoms. The summed E-state index contributed by atoms with van der Waals surface area (Å²) in [5.74, 6) is 0.981. The number of para-hydroxylation sites is 1. The second-order valence-corrected chi connectivity index (χ2v) is 4.85. The van der Waals surface area contributed by atoms with Gasteiger partial charge in [0.1, 0.15) is 0 Å². The number of pyridine rings is 1. The molecule has 0 radical (unpaired) electrons. The summed E-state index contributed by atoms with van der Waals surface area (Å²) in [6.45, 7) is 0.561. The van der Waals surface area contributed by atoms with Gasteiger partial charge in [0.15, 0.2) is 5.82 Å². The Bertz CT molecular complexity index is 750. The van der Waals surface area contributed by atoms with E-state index in [0.29, 0.717) is 23.3 Å². The van der Waals surface area contributed by atoms with Crippen molar-refractivity contribution in [3.05, 3.63) is 65.6 Å². The van der Waals surface area contributed by atoms with Gasteiger partial charge in [0.25, 0.3) is 0 Å². The molecular weight excluding hydrogens is 300 g/mol. The first kappa shape index (κ1) is 14.2. The summed E-state index contributed by atoms with van der Waals surface area (Å²) in [6.07, 6.45) is 3.31. The Kier molecular flexibility index (Phi) is 4.41. The van der Waals surface area contributed by atoms with Crippen molar-refractivity contribution in [3.63, 3.8) is 0 Å². The smallest absolute Gasteiger partial charge is 0.249 e. The first-order valence-corrected chi connectivity index (χ1v) is 7.04. The van der Waals surface area contributed by atoms with Crippen molar-refractivity contribution in [3.8, 4) is 0 Å². The number of aromatic nitrogens is 4. The van der Waals surface area contributed by atoms with Crippen LogP contribution in [-0.4, -0.2) is 20.2 Å². The van der Waals surface area contributed by atoms with Crippen LogP contribution >= 0.6 is 11.6 Å². The van der Waals surface area contributed by atoms with Gasteiger partial charge in [0, 0.05) is 6.20 Å². The lowest BCUT2D eigenvalue weighted by Gasteiger charge is -2.08. The van der Waals surface area contributed by atoms with Crippen LogP contribution in [0.2, 0.25) is 5.02 Å². The molecule has 110 valence electrons. The average molecular weight is 313 g/mol. The van der Waals surface area contributed by atoms with Gasteiger partial charge in [0.2, 0.25) is 5.95 Å². The number of rotatable bonds is 5. The van der Waals surface area contributed by atoms with Crippen LogP contribution in [-0.2, 0) is 6.54 Å². The predicted octanol–water partition coefficient (Wildman–Crippen LogP) is 3.28. The number of hydrogen-bond acceptors (Lipinski definition) is 6. The molecule has 2 N–H and O–H groups in total. The van der Waals surface area contributed by atoms with Gasteiger partial charge >= 0.3 is 0 Å². The molecule has 0 atom stereocenters. The van der Waals surface area contributed by atoms with Crippen molar-refractivity contribution in [2.24, 2.45) is 0 Å². The highest BCUT2D eigenvalue weighted by Crippen LogP contribution is 2.23. The molecule has 22 heavy (non-hydrogen) atoms. The first-order chi connectivity index (χ1) is 10.8. The van der Waals surface area contributed by atoms with E-state index in [2.05, 4.69) is 30.8 Å². The topological polar surface area (TPSA) is 75.6 Å². The minimum atomic E-state index is 0.374. The molecule has 0 aliphatic carbocycles. The van der Waals surface area contributed by atoms with Crippen molar-refractivity contribution in [1.29, 1.82) is 0 Å². The Morgan fingerprint density at radius 3 is 2.73 bits per heavy atom. The molecule has 3 aromatic rings. The third-order valence-electron chi connectivity index (χ3n) is 2.86. The summed E-state index contributed by atoms with van der Waals surface area (Å²) in [6, 6.07) is 13.1. The zero-order valence-corrected chi connectivity index (χ0v) is 12.3. The van der Waals surface area contributed by atoms with Crippen molar-refractivity contribution < 1.29 is 0 Å². The largest absolute Gasteiger partial charge is 0.363 e. The fraction of sp³-hybridized carbons (Fsp3) is 0.0667. The summed E-state index contributed by atoms with van der Waals surface area (Å²) < 4.78 is 0. The van der Waals surface area contributed by atoms with Crippen molar-refractivity contribution in [2.75, 3.05) is 10.6 Å². The predicted molar refractivity (Wildman–Crippen MR) is 86.1 cm³/mol. The Morgan fingerprint density at radius 2 is 1.91 bits per heavy atom. The van der Waals surface area contributed by atoms with Crippen molar-refractivity contribution in [2.45, 2.75) is 6.54 Å². The molecule has 0 bridgehead atoms. The summed E-state index contributed by atoms with van der Waals surface area (Å²) in [7, 11) is 0. The molecule has 0 amide bonds. The minimum Gasteiger partial charge on any atom is -0.363 e. The molecule has 2 heterocycles. The standard InChI is InChI=1S/C15H13ClN6/c16-12-6-1-2-7-13(12)20-15-21-14(10-19-22-15)18-9-11-5-3-4-8-17-11/h1-8,10H,9H2,(H2,18,20,21,22). The average Bonchev–Trinajstić information content (AvgIpc) is 2.57. The highest BCUT2D eigenvalue weighted by Gasteiger charge is 2.04. The Morgan fingerprint density at radius 1 is 1.05 bits per heavy atom. The van der Waals surface area contributed by atoms with E-state index in [1.165, 1.54) is 0 Å². The monoisotopic (exact) mass is 312 g/mol. The van der Waals surface area contributed by atoms with Crippen LogP contribution in [0.3, 0.4) is 0 Å². The Labute approximate surface area is 132 Å². The number of nitrogens with one attached hydrogen (secondary N) is 2. The highest BCUT2D eigenvalue weighted by atomic mass is 35.5. The fourth-order valence-electron chi connectivity index (χ4n) is 1.81. The van der Waals surface area contributed by atoms with E-state index in [4.69, 9.17) is 11.6 Å². The summed E-state index contributed by atoms with van der Waals surface area (Å²) >= 11 is 6.09. The molecule has 0 unspecified atom stereocenters.